The number of imidazole rings is 1. The number of likely N-dealkylation sites (tertiary alicyclic amines) is 1. The van der Waals surface area contributed by atoms with E-state index in [4.69, 9.17) is 9.40 Å². The van der Waals surface area contributed by atoms with E-state index in [1.165, 1.54) is 37.9 Å². The number of hydrogen-bond donors (Lipinski definition) is 0. The van der Waals surface area contributed by atoms with Crippen molar-refractivity contribution in [2.24, 2.45) is 0 Å². The lowest BCUT2D eigenvalue weighted by molar-refractivity contribution is 0.220. The van der Waals surface area contributed by atoms with Crippen LogP contribution >= 0.6 is 0 Å². The lowest BCUT2D eigenvalue weighted by atomic mass is 10.1. The Labute approximate surface area is 207 Å². The van der Waals surface area contributed by atoms with Gasteiger partial charge in [0.25, 0.3) is 0 Å². The van der Waals surface area contributed by atoms with Gasteiger partial charge >= 0.3 is 0 Å². The molecular weight excluding hydrogens is 452 g/mol. The first kappa shape index (κ1) is 21.1. The number of rotatable bonds is 6. The number of pyridine rings is 2. The van der Waals surface area contributed by atoms with Crippen molar-refractivity contribution < 1.29 is 4.42 Å². The highest BCUT2D eigenvalue weighted by atomic mass is 16.3. The Morgan fingerprint density at radius 3 is 2.81 bits per heavy atom. The van der Waals surface area contributed by atoms with Gasteiger partial charge in [-0.05, 0) is 55.8 Å². The molecule has 0 bridgehead atoms. The molecule has 0 aromatic carbocycles. The van der Waals surface area contributed by atoms with Crippen LogP contribution in [0.4, 0.5) is 0 Å². The minimum absolute atomic E-state index is 0.549. The molecule has 7 rings (SSSR count). The summed E-state index contributed by atoms with van der Waals surface area (Å²) in [5.41, 5.74) is 6.57. The molecule has 6 aromatic rings. The maximum absolute atomic E-state index is 5.62. The summed E-state index contributed by atoms with van der Waals surface area (Å²) in [5, 5.41) is 9.79. The molecule has 7 heterocycles. The third kappa shape index (κ3) is 3.97. The van der Waals surface area contributed by atoms with E-state index < -0.39 is 0 Å². The molecule has 1 aliphatic heterocycles. The molecule has 36 heavy (non-hydrogen) atoms. The second-order valence-electron chi connectivity index (χ2n) is 9.47. The monoisotopic (exact) mass is 478 g/mol. The predicted octanol–water partition coefficient (Wildman–Crippen LogP) is 4.56. The maximum atomic E-state index is 5.62. The molecule has 0 amide bonds. The number of nitrogens with zero attached hydrogens (tertiary/aromatic N) is 8. The zero-order valence-electron chi connectivity index (χ0n) is 19.9. The van der Waals surface area contributed by atoms with Crippen LogP contribution in [0.15, 0.2) is 78.2 Å². The molecule has 180 valence electrons. The van der Waals surface area contributed by atoms with E-state index in [-0.39, 0.29) is 0 Å². The van der Waals surface area contributed by atoms with Gasteiger partial charge in [-0.3, -0.25) is 14.5 Å². The first-order valence-corrected chi connectivity index (χ1v) is 12.4. The smallest absolute Gasteiger partial charge is 0.211 e. The molecule has 0 spiro atoms. The molecule has 6 aromatic heterocycles. The first-order valence-electron chi connectivity index (χ1n) is 12.4. The van der Waals surface area contributed by atoms with Crippen LogP contribution in [0.25, 0.3) is 33.7 Å². The van der Waals surface area contributed by atoms with Crippen LogP contribution in [0.5, 0.6) is 0 Å². The highest BCUT2D eigenvalue weighted by Gasteiger charge is 2.13. The summed E-state index contributed by atoms with van der Waals surface area (Å²) in [6.07, 6.45) is 17.5. The Balaban J connectivity index is 1.09. The summed E-state index contributed by atoms with van der Waals surface area (Å²) in [7, 11) is 0. The number of piperidine rings is 1. The van der Waals surface area contributed by atoms with Gasteiger partial charge < -0.3 is 8.82 Å². The summed E-state index contributed by atoms with van der Waals surface area (Å²) < 4.78 is 11.5. The lowest BCUT2D eigenvalue weighted by Crippen LogP contribution is -2.29. The molecule has 1 fully saturated rings. The number of hydrogen-bond acceptors (Lipinski definition) is 6. The molecule has 9 nitrogen and oxygen atoms in total. The molecule has 0 atom stereocenters. The van der Waals surface area contributed by atoms with E-state index in [1.54, 1.807) is 12.5 Å². The van der Waals surface area contributed by atoms with Gasteiger partial charge in [-0.15, -0.1) is 5.10 Å². The van der Waals surface area contributed by atoms with Crippen LogP contribution in [0.1, 0.15) is 30.5 Å². The fourth-order valence-corrected chi connectivity index (χ4v) is 5.07. The Kier molecular flexibility index (Phi) is 5.13. The molecule has 0 radical (unpaired) electrons. The lowest BCUT2D eigenvalue weighted by Gasteiger charge is -2.26. The highest BCUT2D eigenvalue weighted by Crippen LogP contribution is 2.24. The summed E-state index contributed by atoms with van der Waals surface area (Å²) in [6, 6.07) is 10.3. The van der Waals surface area contributed by atoms with Crippen molar-refractivity contribution in [1.82, 2.24) is 38.8 Å². The van der Waals surface area contributed by atoms with Crippen molar-refractivity contribution in [1.29, 1.82) is 0 Å². The topological polar surface area (TPSA) is 82.2 Å². The van der Waals surface area contributed by atoms with Crippen LogP contribution in [0, 0.1) is 0 Å². The minimum atomic E-state index is 0.549. The fourth-order valence-electron chi connectivity index (χ4n) is 5.07. The number of fused-ring (bicyclic) bond motifs is 2. The van der Waals surface area contributed by atoms with Gasteiger partial charge in [0.05, 0.1) is 36.6 Å². The van der Waals surface area contributed by atoms with E-state index in [9.17, 15) is 0 Å². The van der Waals surface area contributed by atoms with Gasteiger partial charge in [0, 0.05) is 42.3 Å². The second-order valence-corrected chi connectivity index (χ2v) is 9.47. The van der Waals surface area contributed by atoms with E-state index >= 15 is 0 Å². The van der Waals surface area contributed by atoms with Crippen molar-refractivity contribution in [3.05, 3.63) is 85.0 Å². The standard InChI is InChI=1S/C27H26N8O/c1-2-8-32(9-3-1)15-20-4-5-26-29-23(17-33(26)16-20)18-34-19-25(30-31-34)22-12-24(14-28-13-22)35-10-6-21-7-11-36-27(21)35/h4-7,10-14,16-17,19H,1-3,8-9,15,18H2. The fraction of sp³-hybridized carbons (Fsp3) is 0.259. The van der Waals surface area contributed by atoms with Crippen molar-refractivity contribution in [2.45, 2.75) is 32.4 Å². The van der Waals surface area contributed by atoms with E-state index in [0.717, 1.165) is 45.9 Å². The van der Waals surface area contributed by atoms with Gasteiger partial charge in [0.15, 0.2) is 0 Å². The minimum Gasteiger partial charge on any atom is -0.447 e. The van der Waals surface area contributed by atoms with E-state index in [0.29, 0.717) is 6.54 Å². The van der Waals surface area contributed by atoms with Crippen LogP contribution in [0.3, 0.4) is 0 Å². The van der Waals surface area contributed by atoms with E-state index in [2.05, 4.69) is 49.1 Å². The molecular formula is C27H26N8O. The Morgan fingerprint density at radius 2 is 1.86 bits per heavy atom. The zero-order valence-corrected chi connectivity index (χ0v) is 19.9. The quantitative estimate of drug-likeness (QED) is 0.349. The molecule has 1 aliphatic rings. The number of furan rings is 1. The molecule has 0 saturated carbocycles. The highest BCUT2D eigenvalue weighted by molar-refractivity contribution is 5.77. The average Bonchev–Trinajstić information content (AvgIpc) is 3.69. The van der Waals surface area contributed by atoms with Crippen molar-refractivity contribution >= 4 is 16.7 Å². The van der Waals surface area contributed by atoms with Gasteiger partial charge in [0.1, 0.15) is 11.3 Å². The third-order valence-electron chi connectivity index (χ3n) is 6.87. The Bertz CT molecular complexity index is 1650. The molecule has 0 aliphatic carbocycles. The molecule has 0 N–H and O–H groups in total. The first-order chi connectivity index (χ1) is 17.8. The summed E-state index contributed by atoms with van der Waals surface area (Å²) in [5.74, 6) is 0. The third-order valence-corrected chi connectivity index (χ3v) is 6.87. The zero-order chi connectivity index (χ0) is 23.9. The maximum Gasteiger partial charge on any atom is 0.211 e. The summed E-state index contributed by atoms with van der Waals surface area (Å²) >= 11 is 0. The van der Waals surface area contributed by atoms with Gasteiger partial charge in [-0.1, -0.05) is 17.7 Å². The molecule has 1 saturated heterocycles. The van der Waals surface area contributed by atoms with Crippen LogP contribution in [0.2, 0.25) is 0 Å². The Morgan fingerprint density at radius 1 is 0.917 bits per heavy atom. The van der Waals surface area contributed by atoms with Crippen LogP contribution < -0.4 is 0 Å². The van der Waals surface area contributed by atoms with E-state index in [1.807, 2.05) is 46.0 Å². The van der Waals surface area contributed by atoms with Gasteiger partial charge in [-0.2, -0.15) is 0 Å². The predicted molar refractivity (Wildman–Crippen MR) is 136 cm³/mol. The van der Waals surface area contributed by atoms with Crippen molar-refractivity contribution in [2.75, 3.05) is 13.1 Å². The molecule has 0 unspecified atom stereocenters. The van der Waals surface area contributed by atoms with Crippen LogP contribution in [-0.2, 0) is 13.1 Å². The van der Waals surface area contributed by atoms with Gasteiger partial charge in [0.2, 0.25) is 5.71 Å². The summed E-state index contributed by atoms with van der Waals surface area (Å²) in [4.78, 5) is 11.7. The largest absolute Gasteiger partial charge is 0.447 e. The number of aromatic nitrogens is 7. The normalized spacial score (nSPS) is 14.8. The van der Waals surface area contributed by atoms with Crippen LogP contribution in [-0.4, -0.2) is 51.9 Å². The second kappa shape index (κ2) is 8.76. The van der Waals surface area contributed by atoms with Crippen molar-refractivity contribution in [3.63, 3.8) is 0 Å². The Hall–Kier alpha value is -4.24. The summed E-state index contributed by atoms with van der Waals surface area (Å²) in [6.45, 7) is 3.93. The SMILES string of the molecule is c1cc2ccn(-c3cncc(-c4cn(Cc5cn6cc(CN7CCCCC7)ccc6n5)nn4)c3)c2o1. The van der Waals surface area contributed by atoms with Crippen molar-refractivity contribution in [3.8, 4) is 16.9 Å². The van der Waals surface area contributed by atoms with Gasteiger partial charge in [-0.25, -0.2) is 9.67 Å². The average molecular weight is 479 g/mol. The molecule has 9 heteroatoms.